The van der Waals surface area contributed by atoms with Gasteiger partial charge in [0.25, 0.3) is 11.5 Å². The quantitative estimate of drug-likeness (QED) is 0.807. The third-order valence-corrected chi connectivity index (χ3v) is 6.34. The molecule has 0 spiro atoms. The molecule has 2 aromatic heterocycles. The lowest BCUT2D eigenvalue weighted by Crippen LogP contribution is -2.41. The summed E-state index contributed by atoms with van der Waals surface area (Å²) < 4.78 is 1.78. The maximum Gasteiger partial charge on any atom is 0.264 e. The number of hydrogen-bond donors (Lipinski definition) is 0. The molecule has 0 N–H and O–H groups in total. The van der Waals surface area contributed by atoms with Crippen LogP contribution in [0.25, 0.3) is 10.2 Å². The fraction of sp³-hybridized carbons (Fsp3) is 0.588. The van der Waals surface area contributed by atoms with Gasteiger partial charge in [-0.1, -0.05) is 0 Å². The second kappa shape index (κ2) is 5.44. The molecule has 0 radical (unpaired) electrons. The van der Waals surface area contributed by atoms with E-state index >= 15 is 0 Å². The molecule has 0 unspecified atom stereocenters. The SMILES string of the molecule is Cc1c(C(=O)N2CCCC[C@@H]2C)sc2nc3n(c(=O)c12)CCC3. The number of amides is 1. The summed E-state index contributed by atoms with van der Waals surface area (Å²) in [5, 5.41) is 0.647. The van der Waals surface area contributed by atoms with Crippen LogP contribution in [0.1, 0.15) is 53.7 Å². The number of piperidine rings is 1. The van der Waals surface area contributed by atoms with Gasteiger partial charge in [-0.3, -0.25) is 14.2 Å². The summed E-state index contributed by atoms with van der Waals surface area (Å²) in [6, 6.07) is 0.278. The first-order valence-corrected chi connectivity index (χ1v) is 9.23. The van der Waals surface area contributed by atoms with Crippen molar-refractivity contribution in [1.82, 2.24) is 14.5 Å². The van der Waals surface area contributed by atoms with Crippen molar-refractivity contribution in [1.29, 1.82) is 0 Å². The predicted octanol–water partition coefficient (Wildman–Crippen LogP) is 2.73. The number of rotatable bonds is 1. The Morgan fingerprint density at radius 1 is 1.26 bits per heavy atom. The van der Waals surface area contributed by atoms with Crippen LogP contribution in [-0.4, -0.2) is 32.9 Å². The summed E-state index contributed by atoms with van der Waals surface area (Å²) in [6.07, 6.45) is 5.15. The lowest BCUT2D eigenvalue weighted by molar-refractivity contribution is 0.0640. The standard InChI is InChI=1S/C17H21N3O2S/c1-10-6-3-4-8-19(10)17(22)14-11(2)13-15(23-14)18-12-7-5-9-20(12)16(13)21/h10H,3-9H2,1-2H3/t10-/m0/s1. The van der Waals surface area contributed by atoms with Gasteiger partial charge >= 0.3 is 0 Å². The maximum atomic E-state index is 13.0. The van der Waals surface area contributed by atoms with Crippen LogP contribution < -0.4 is 5.56 Å². The fourth-order valence-corrected chi connectivity index (χ4v) is 4.96. The summed E-state index contributed by atoms with van der Waals surface area (Å²) in [7, 11) is 0. The summed E-state index contributed by atoms with van der Waals surface area (Å²) >= 11 is 1.39. The van der Waals surface area contributed by atoms with Crippen molar-refractivity contribution < 1.29 is 4.79 Å². The zero-order valence-corrected chi connectivity index (χ0v) is 14.4. The smallest absolute Gasteiger partial charge is 0.264 e. The molecule has 0 saturated carbocycles. The van der Waals surface area contributed by atoms with E-state index in [0.717, 1.165) is 55.0 Å². The lowest BCUT2D eigenvalue weighted by Gasteiger charge is -2.33. The van der Waals surface area contributed by atoms with E-state index in [-0.39, 0.29) is 17.5 Å². The molecule has 23 heavy (non-hydrogen) atoms. The van der Waals surface area contributed by atoms with Crippen molar-refractivity contribution in [2.45, 2.75) is 58.5 Å². The van der Waals surface area contributed by atoms with E-state index in [1.807, 2.05) is 11.8 Å². The molecular weight excluding hydrogens is 310 g/mol. The van der Waals surface area contributed by atoms with Gasteiger partial charge in [0.1, 0.15) is 10.7 Å². The molecule has 4 heterocycles. The molecule has 2 aliphatic rings. The highest BCUT2D eigenvalue weighted by molar-refractivity contribution is 7.20. The molecule has 1 fully saturated rings. The first kappa shape index (κ1) is 14.9. The van der Waals surface area contributed by atoms with E-state index in [1.165, 1.54) is 17.8 Å². The number of fused-ring (bicyclic) bond motifs is 2. The van der Waals surface area contributed by atoms with Crippen LogP contribution in [0, 0.1) is 6.92 Å². The molecular formula is C17H21N3O2S. The van der Waals surface area contributed by atoms with Crippen molar-refractivity contribution in [3.8, 4) is 0 Å². The highest BCUT2D eigenvalue weighted by atomic mass is 32.1. The molecule has 0 aromatic carbocycles. The Hall–Kier alpha value is -1.69. The minimum Gasteiger partial charge on any atom is -0.335 e. The first-order valence-electron chi connectivity index (χ1n) is 8.41. The number of likely N-dealkylation sites (tertiary alicyclic amines) is 1. The minimum absolute atomic E-state index is 0.0296. The van der Waals surface area contributed by atoms with Gasteiger partial charge in [-0.15, -0.1) is 11.3 Å². The van der Waals surface area contributed by atoms with Crippen LogP contribution in [0.2, 0.25) is 0 Å². The van der Waals surface area contributed by atoms with E-state index in [4.69, 9.17) is 0 Å². The third-order valence-electron chi connectivity index (χ3n) is 5.17. The van der Waals surface area contributed by atoms with Gasteiger partial charge in [0.2, 0.25) is 0 Å². The van der Waals surface area contributed by atoms with Gasteiger partial charge in [-0.05, 0) is 45.1 Å². The fourth-order valence-electron chi connectivity index (χ4n) is 3.81. The number of nitrogens with zero attached hydrogens (tertiary/aromatic N) is 3. The van der Waals surface area contributed by atoms with Crippen molar-refractivity contribution >= 4 is 27.5 Å². The van der Waals surface area contributed by atoms with E-state index in [1.54, 1.807) is 4.57 Å². The van der Waals surface area contributed by atoms with Gasteiger partial charge in [0.15, 0.2) is 0 Å². The topological polar surface area (TPSA) is 55.2 Å². The third kappa shape index (κ3) is 2.23. The van der Waals surface area contributed by atoms with Crippen molar-refractivity contribution in [3.63, 3.8) is 0 Å². The molecule has 2 aliphatic heterocycles. The zero-order chi connectivity index (χ0) is 16.1. The molecule has 1 atom stereocenters. The normalized spacial score (nSPS) is 21.0. The lowest BCUT2D eigenvalue weighted by atomic mass is 10.0. The molecule has 0 bridgehead atoms. The highest BCUT2D eigenvalue weighted by Crippen LogP contribution is 2.31. The first-order chi connectivity index (χ1) is 11.1. The number of aryl methyl sites for hydroxylation is 2. The van der Waals surface area contributed by atoms with Crippen LogP contribution in [0.3, 0.4) is 0 Å². The van der Waals surface area contributed by atoms with Crippen LogP contribution in [0.4, 0.5) is 0 Å². The average molecular weight is 331 g/mol. The molecule has 6 heteroatoms. The van der Waals surface area contributed by atoms with Crippen LogP contribution >= 0.6 is 11.3 Å². The van der Waals surface area contributed by atoms with Gasteiger partial charge in [0, 0.05) is 25.6 Å². The molecule has 5 nitrogen and oxygen atoms in total. The van der Waals surface area contributed by atoms with E-state index in [0.29, 0.717) is 10.3 Å². The summed E-state index contributed by atoms with van der Waals surface area (Å²) in [5.74, 6) is 0.941. The molecule has 4 rings (SSSR count). The second-order valence-corrected chi connectivity index (χ2v) is 7.67. The Balaban J connectivity index is 1.82. The largest absolute Gasteiger partial charge is 0.335 e. The zero-order valence-electron chi connectivity index (χ0n) is 13.6. The predicted molar refractivity (Wildman–Crippen MR) is 91.3 cm³/mol. The van der Waals surface area contributed by atoms with Crippen molar-refractivity contribution in [3.05, 3.63) is 26.6 Å². The van der Waals surface area contributed by atoms with Crippen molar-refractivity contribution in [2.24, 2.45) is 0 Å². The number of hydrogen-bond acceptors (Lipinski definition) is 4. The van der Waals surface area contributed by atoms with Gasteiger partial charge < -0.3 is 4.90 Å². The summed E-state index contributed by atoms with van der Waals surface area (Å²) in [4.78, 5) is 33.7. The average Bonchev–Trinajstić information content (AvgIpc) is 3.12. The van der Waals surface area contributed by atoms with E-state index in [9.17, 15) is 9.59 Å². The number of carbonyl (C=O) groups excluding carboxylic acids is 1. The van der Waals surface area contributed by atoms with Crippen LogP contribution in [0.15, 0.2) is 4.79 Å². The van der Waals surface area contributed by atoms with E-state index in [2.05, 4.69) is 11.9 Å². The monoisotopic (exact) mass is 331 g/mol. The highest BCUT2D eigenvalue weighted by Gasteiger charge is 2.29. The molecule has 2 aromatic rings. The van der Waals surface area contributed by atoms with Gasteiger partial charge in [-0.2, -0.15) is 0 Å². The molecule has 122 valence electrons. The Kier molecular flexibility index (Phi) is 3.52. The Labute approximate surface area is 138 Å². The second-order valence-electron chi connectivity index (χ2n) is 6.67. The van der Waals surface area contributed by atoms with Crippen LogP contribution in [-0.2, 0) is 13.0 Å². The van der Waals surface area contributed by atoms with Gasteiger partial charge in [0.05, 0.1) is 10.3 Å². The number of thiophene rings is 1. The minimum atomic E-state index is 0.0296. The van der Waals surface area contributed by atoms with Crippen molar-refractivity contribution in [2.75, 3.05) is 6.54 Å². The summed E-state index contributed by atoms with van der Waals surface area (Å²) in [6.45, 7) is 5.57. The molecule has 0 aliphatic carbocycles. The molecule has 1 saturated heterocycles. The van der Waals surface area contributed by atoms with Crippen LogP contribution in [0.5, 0.6) is 0 Å². The molecule has 1 amide bonds. The summed E-state index contributed by atoms with van der Waals surface area (Å²) in [5.41, 5.74) is 0.842. The number of carbonyl (C=O) groups is 1. The Bertz CT molecular complexity index is 852. The maximum absolute atomic E-state index is 13.0. The Morgan fingerprint density at radius 3 is 2.87 bits per heavy atom. The van der Waals surface area contributed by atoms with Gasteiger partial charge in [-0.25, -0.2) is 4.98 Å². The Morgan fingerprint density at radius 2 is 2.09 bits per heavy atom. The number of aromatic nitrogens is 2. The van der Waals surface area contributed by atoms with E-state index < -0.39 is 0 Å².